The van der Waals surface area contributed by atoms with E-state index in [-0.39, 0.29) is 12.8 Å². The molecule has 4 nitrogen and oxygen atoms in total. The Morgan fingerprint density at radius 2 is 1.21 bits per heavy atom. The summed E-state index contributed by atoms with van der Waals surface area (Å²) < 4.78 is 0. The molecular weight excluding hydrogens is 184 g/mol. The van der Waals surface area contributed by atoms with E-state index in [0.29, 0.717) is 25.7 Å². The maximum atomic E-state index is 10.2. The predicted octanol–water partition coefficient (Wildman–Crippen LogP) is 2.05. The first-order valence-electron chi connectivity index (χ1n) is 4.62. The summed E-state index contributed by atoms with van der Waals surface area (Å²) in [5.41, 5.74) is 0.938. The highest BCUT2D eigenvalue weighted by molar-refractivity contribution is 5.66. The van der Waals surface area contributed by atoms with Gasteiger partial charge in [-0.05, 0) is 25.7 Å². The van der Waals surface area contributed by atoms with Crippen molar-refractivity contribution in [2.45, 2.75) is 38.5 Å². The van der Waals surface area contributed by atoms with E-state index in [0.717, 1.165) is 5.57 Å². The number of allylic oxidation sites excluding steroid dienone is 1. The van der Waals surface area contributed by atoms with Crippen LogP contribution in [0.1, 0.15) is 38.5 Å². The summed E-state index contributed by atoms with van der Waals surface area (Å²) in [4.78, 5) is 20.4. The number of aliphatic carboxylic acids is 2. The van der Waals surface area contributed by atoms with E-state index in [1.54, 1.807) is 0 Å². The molecule has 0 amide bonds. The molecule has 0 aliphatic rings. The zero-order valence-electron chi connectivity index (χ0n) is 8.16. The molecule has 14 heavy (non-hydrogen) atoms. The lowest BCUT2D eigenvalue weighted by Crippen LogP contribution is -1.96. The molecule has 0 fully saturated rings. The summed E-state index contributed by atoms with van der Waals surface area (Å²) in [6.07, 6.45) is 2.82. The number of carbonyl (C=O) groups is 2. The third-order valence-electron chi connectivity index (χ3n) is 1.84. The lowest BCUT2D eigenvalue weighted by molar-refractivity contribution is -0.138. The van der Waals surface area contributed by atoms with Gasteiger partial charge in [-0.2, -0.15) is 0 Å². The van der Waals surface area contributed by atoms with Crippen molar-refractivity contribution in [3.05, 3.63) is 12.2 Å². The molecule has 80 valence electrons. The fourth-order valence-corrected chi connectivity index (χ4v) is 1.10. The second-order valence-corrected chi connectivity index (χ2v) is 3.24. The van der Waals surface area contributed by atoms with Gasteiger partial charge in [-0.25, -0.2) is 0 Å². The maximum absolute atomic E-state index is 10.2. The zero-order valence-corrected chi connectivity index (χ0v) is 8.16. The van der Waals surface area contributed by atoms with Crippen molar-refractivity contribution in [1.82, 2.24) is 0 Å². The Morgan fingerprint density at radius 3 is 1.50 bits per heavy atom. The molecule has 0 aromatic carbocycles. The molecule has 2 N–H and O–H groups in total. The Kier molecular flexibility index (Phi) is 6.45. The third kappa shape index (κ3) is 8.77. The van der Waals surface area contributed by atoms with E-state index >= 15 is 0 Å². The minimum atomic E-state index is -0.802. The van der Waals surface area contributed by atoms with Crippen LogP contribution in [0.5, 0.6) is 0 Å². The van der Waals surface area contributed by atoms with Crippen LogP contribution in [0, 0.1) is 0 Å². The van der Waals surface area contributed by atoms with Gasteiger partial charge in [0.1, 0.15) is 0 Å². The topological polar surface area (TPSA) is 74.6 Å². The largest absolute Gasteiger partial charge is 0.481 e. The summed E-state index contributed by atoms with van der Waals surface area (Å²) >= 11 is 0. The highest BCUT2D eigenvalue weighted by Crippen LogP contribution is 2.12. The molecule has 0 radical (unpaired) electrons. The average molecular weight is 200 g/mol. The lowest BCUT2D eigenvalue weighted by Gasteiger charge is -2.02. The molecule has 0 spiro atoms. The van der Waals surface area contributed by atoms with Crippen molar-refractivity contribution in [3.63, 3.8) is 0 Å². The first kappa shape index (κ1) is 12.7. The minimum absolute atomic E-state index is 0.151. The predicted molar refractivity (Wildman–Crippen MR) is 52.1 cm³/mol. The summed E-state index contributed by atoms with van der Waals surface area (Å²) in [5.74, 6) is -1.60. The van der Waals surface area contributed by atoms with Crippen molar-refractivity contribution in [2.75, 3.05) is 0 Å². The first-order chi connectivity index (χ1) is 6.52. The number of rotatable bonds is 8. The van der Waals surface area contributed by atoms with Crippen molar-refractivity contribution < 1.29 is 19.8 Å². The normalized spacial score (nSPS) is 9.71. The standard InChI is InChI=1S/C10H16O4/c1-8(4-2-6-9(11)12)5-3-7-10(13)14/h1-7H2,(H,11,12)(H,13,14). The van der Waals surface area contributed by atoms with Crippen LogP contribution in [0.3, 0.4) is 0 Å². The summed E-state index contributed by atoms with van der Waals surface area (Å²) in [6, 6.07) is 0. The zero-order chi connectivity index (χ0) is 11.0. The first-order valence-corrected chi connectivity index (χ1v) is 4.62. The van der Waals surface area contributed by atoms with E-state index in [2.05, 4.69) is 6.58 Å². The minimum Gasteiger partial charge on any atom is -0.481 e. The van der Waals surface area contributed by atoms with Crippen LogP contribution in [-0.4, -0.2) is 22.2 Å². The van der Waals surface area contributed by atoms with Gasteiger partial charge >= 0.3 is 11.9 Å². The Morgan fingerprint density at radius 1 is 0.857 bits per heavy atom. The monoisotopic (exact) mass is 200 g/mol. The number of carboxylic acids is 2. The van der Waals surface area contributed by atoms with Gasteiger partial charge in [-0.1, -0.05) is 12.2 Å². The van der Waals surface area contributed by atoms with E-state index < -0.39 is 11.9 Å². The fraction of sp³-hybridized carbons (Fsp3) is 0.600. The highest BCUT2D eigenvalue weighted by atomic mass is 16.4. The van der Waals surface area contributed by atoms with E-state index in [9.17, 15) is 9.59 Å². The fourth-order valence-electron chi connectivity index (χ4n) is 1.10. The molecule has 0 aliphatic carbocycles. The van der Waals surface area contributed by atoms with Gasteiger partial charge in [0.05, 0.1) is 0 Å². The summed E-state index contributed by atoms with van der Waals surface area (Å²) in [5, 5.41) is 16.7. The highest BCUT2D eigenvalue weighted by Gasteiger charge is 2.01. The van der Waals surface area contributed by atoms with Gasteiger partial charge in [0.15, 0.2) is 0 Å². The Bertz CT molecular complexity index is 198. The average Bonchev–Trinajstić information content (AvgIpc) is 2.02. The molecule has 0 atom stereocenters. The molecule has 0 unspecified atom stereocenters. The third-order valence-corrected chi connectivity index (χ3v) is 1.84. The van der Waals surface area contributed by atoms with Crippen LogP contribution < -0.4 is 0 Å². The second kappa shape index (κ2) is 7.12. The maximum Gasteiger partial charge on any atom is 0.303 e. The van der Waals surface area contributed by atoms with Crippen LogP contribution in [0.15, 0.2) is 12.2 Å². The van der Waals surface area contributed by atoms with Gasteiger partial charge in [0.2, 0.25) is 0 Å². The van der Waals surface area contributed by atoms with Crippen molar-refractivity contribution >= 4 is 11.9 Å². The number of hydrogen-bond acceptors (Lipinski definition) is 2. The smallest absolute Gasteiger partial charge is 0.303 e. The molecule has 4 heteroatoms. The SMILES string of the molecule is C=C(CCCC(=O)O)CCCC(=O)O. The molecule has 0 bridgehead atoms. The van der Waals surface area contributed by atoms with Gasteiger partial charge in [-0.3, -0.25) is 9.59 Å². The quantitative estimate of drug-likeness (QED) is 0.588. The van der Waals surface area contributed by atoms with Crippen molar-refractivity contribution in [3.8, 4) is 0 Å². The molecule has 0 saturated heterocycles. The van der Waals surface area contributed by atoms with Crippen LogP contribution in [-0.2, 0) is 9.59 Å². The van der Waals surface area contributed by atoms with Crippen LogP contribution >= 0.6 is 0 Å². The van der Waals surface area contributed by atoms with Crippen LogP contribution in [0.25, 0.3) is 0 Å². The van der Waals surface area contributed by atoms with Crippen molar-refractivity contribution in [1.29, 1.82) is 0 Å². The van der Waals surface area contributed by atoms with Crippen molar-refractivity contribution in [2.24, 2.45) is 0 Å². The Hall–Kier alpha value is -1.32. The van der Waals surface area contributed by atoms with Gasteiger partial charge in [0, 0.05) is 12.8 Å². The molecule has 0 rings (SSSR count). The molecule has 0 heterocycles. The summed E-state index contributed by atoms with van der Waals surface area (Å²) in [7, 11) is 0. The van der Waals surface area contributed by atoms with Crippen LogP contribution in [0.4, 0.5) is 0 Å². The van der Waals surface area contributed by atoms with Crippen LogP contribution in [0.2, 0.25) is 0 Å². The molecule has 0 aliphatic heterocycles. The second-order valence-electron chi connectivity index (χ2n) is 3.24. The molecular formula is C10H16O4. The Labute approximate surface area is 83.2 Å². The van der Waals surface area contributed by atoms with E-state index in [4.69, 9.17) is 10.2 Å². The number of hydrogen-bond donors (Lipinski definition) is 2. The van der Waals surface area contributed by atoms with Gasteiger partial charge in [-0.15, -0.1) is 0 Å². The number of carboxylic acid groups (broad SMARTS) is 2. The molecule has 0 aromatic rings. The molecule has 0 saturated carbocycles. The van der Waals surface area contributed by atoms with E-state index in [1.807, 2.05) is 0 Å². The Balaban J connectivity index is 3.37. The lowest BCUT2D eigenvalue weighted by atomic mass is 10.0. The summed E-state index contributed by atoms with van der Waals surface area (Å²) in [6.45, 7) is 3.76. The van der Waals surface area contributed by atoms with E-state index in [1.165, 1.54) is 0 Å². The molecule has 0 aromatic heterocycles. The van der Waals surface area contributed by atoms with Gasteiger partial charge in [0.25, 0.3) is 0 Å². The van der Waals surface area contributed by atoms with Gasteiger partial charge < -0.3 is 10.2 Å².